The molecule has 0 aromatic heterocycles. The number of carbonyl (C=O) groups is 2. The standard InChI is InChI=1S/C29H36N2O4/c1-28(2,3)25-18-20-17-22(9-10-23(20)31(25)14-4-7-26(32)33)30-27(34)29(12-13-29)21-8-11-24-19(16-21)6-5-15-35-24/h8-11,16-17,25H,4-7,12-15,18H2,1-3H3,(H,30,34)(H,32,33). The number of hydrogen-bond donors (Lipinski definition) is 2. The summed E-state index contributed by atoms with van der Waals surface area (Å²) in [5.41, 5.74) is 5.13. The van der Waals surface area contributed by atoms with E-state index in [4.69, 9.17) is 9.84 Å². The lowest BCUT2D eigenvalue weighted by Gasteiger charge is -2.37. The number of anilines is 2. The van der Waals surface area contributed by atoms with Crippen molar-refractivity contribution in [1.82, 2.24) is 0 Å². The summed E-state index contributed by atoms with van der Waals surface area (Å²) in [5, 5.41) is 12.3. The van der Waals surface area contributed by atoms with Crippen LogP contribution >= 0.6 is 0 Å². The minimum atomic E-state index is -0.754. The van der Waals surface area contributed by atoms with Crippen LogP contribution in [-0.2, 0) is 27.8 Å². The molecule has 1 fully saturated rings. The molecule has 3 aliphatic rings. The molecule has 0 saturated heterocycles. The molecule has 5 rings (SSSR count). The van der Waals surface area contributed by atoms with Gasteiger partial charge in [0.25, 0.3) is 0 Å². The van der Waals surface area contributed by atoms with Gasteiger partial charge in [-0.15, -0.1) is 0 Å². The number of aryl methyl sites for hydroxylation is 1. The fourth-order valence-electron chi connectivity index (χ4n) is 5.72. The molecule has 0 bridgehead atoms. The average Bonchev–Trinajstić information content (AvgIpc) is 3.55. The van der Waals surface area contributed by atoms with E-state index in [1.54, 1.807) is 0 Å². The minimum Gasteiger partial charge on any atom is -0.493 e. The molecule has 6 nitrogen and oxygen atoms in total. The predicted octanol–water partition coefficient (Wildman–Crippen LogP) is 5.32. The van der Waals surface area contributed by atoms with Crippen molar-refractivity contribution in [3.63, 3.8) is 0 Å². The van der Waals surface area contributed by atoms with E-state index >= 15 is 0 Å². The number of hydrogen-bond acceptors (Lipinski definition) is 4. The fourth-order valence-corrected chi connectivity index (χ4v) is 5.72. The van der Waals surface area contributed by atoms with Gasteiger partial charge in [-0.3, -0.25) is 9.59 Å². The van der Waals surface area contributed by atoms with Gasteiger partial charge in [0, 0.05) is 30.4 Å². The van der Waals surface area contributed by atoms with Crippen molar-refractivity contribution in [2.45, 2.75) is 77.2 Å². The first-order valence-electron chi connectivity index (χ1n) is 12.9. The number of nitrogens with zero attached hydrogens (tertiary/aromatic N) is 1. The van der Waals surface area contributed by atoms with Gasteiger partial charge in [-0.25, -0.2) is 0 Å². The van der Waals surface area contributed by atoms with E-state index in [1.165, 1.54) is 11.1 Å². The molecule has 2 N–H and O–H groups in total. The summed E-state index contributed by atoms with van der Waals surface area (Å²) in [4.78, 5) is 26.9. The molecule has 2 aromatic rings. The number of carboxylic acid groups (broad SMARTS) is 1. The first-order chi connectivity index (χ1) is 16.7. The van der Waals surface area contributed by atoms with E-state index < -0.39 is 11.4 Å². The van der Waals surface area contributed by atoms with Crippen LogP contribution in [0.1, 0.15) is 69.6 Å². The maximum absolute atomic E-state index is 13.5. The summed E-state index contributed by atoms with van der Waals surface area (Å²) in [6, 6.07) is 12.7. The van der Waals surface area contributed by atoms with E-state index in [9.17, 15) is 9.59 Å². The van der Waals surface area contributed by atoms with E-state index in [0.717, 1.165) is 67.9 Å². The highest BCUT2D eigenvalue weighted by molar-refractivity contribution is 6.01. The molecule has 2 heterocycles. The lowest BCUT2D eigenvalue weighted by Crippen LogP contribution is -2.42. The maximum Gasteiger partial charge on any atom is 0.303 e. The Morgan fingerprint density at radius 2 is 1.94 bits per heavy atom. The van der Waals surface area contributed by atoms with Gasteiger partial charge >= 0.3 is 5.97 Å². The third-order valence-corrected chi connectivity index (χ3v) is 7.87. The lowest BCUT2D eigenvalue weighted by atomic mass is 9.84. The van der Waals surface area contributed by atoms with Crippen molar-refractivity contribution < 1.29 is 19.4 Å². The Hall–Kier alpha value is -3.02. The summed E-state index contributed by atoms with van der Waals surface area (Å²) in [5.74, 6) is 0.268. The third kappa shape index (κ3) is 4.63. The van der Waals surface area contributed by atoms with Crippen LogP contribution in [0.25, 0.3) is 0 Å². The molecule has 1 aliphatic carbocycles. The molecule has 1 unspecified atom stereocenters. The second kappa shape index (κ2) is 8.89. The zero-order valence-corrected chi connectivity index (χ0v) is 21.0. The van der Waals surface area contributed by atoms with Gasteiger partial charge in [-0.05, 0) is 84.9 Å². The van der Waals surface area contributed by atoms with Gasteiger partial charge < -0.3 is 20.1 Å². The quantitative estimate of drug-likeness (QED) is 0.565. The topological polar surface area (TPSA) is 78.9 Å². The molecule has 186 valence electrons. The van der Waals surface area contributed by atoms with Crippen LogP contribution in [0.15, 0.2) is 36.4 Å². The normalized spacial score (nSPS) is 20.0. The van der Waals surface area contributed by atoms with E-state index in [2.05, 4.69) is 55.3 Å². The maximum atomic E-state index is 13.5. The van der Waals surface area contributed by atoms with Crippen molar-refractivity contribution in [1.29, 1.82) is 0 Å². The van der Waals surface area contributed by atoms with E-state index in [1.807, 2.05) is 12.1 Å². The second-order valence-corrected chi connectivity index (χ2v) is 11.4. The Morgan fingerprint density at radius 1 is 1.14 bits per heavy atom. The number of aliphatic carboxylic acids is 1. The number of benzene rings is 2. The van der Waals surface area contributed by atoms with Gasteiger partial charge in [0.2, 0.25) is 5.91 Å². The number of carbonyl (C=O) groups excluding carboxylic acids is 1. The van der Waals surface area contributed by atoms with E-state index in [0.29, 0.717) is 12.5 Å². The average molecular weight is 477 g/mol. The highest BCUT2D eigenvalue weighted by atomic mass is 16.5. The lowest BCUT2D eigenvalue weighted by molar-refractivity contribution is -0.137. The van der Waals surface area contributed by atoms with Crippen LogP contribution in [0.3, 0.4) is 0 Å². The Labute approximate surface area is 207 Å². The number of ether oxygens (including phenoxy) is 1. The molecular weight excluding hydrogens is 440 g/mol. The summed E-state index contributed by atoms with van der Waals surface area (Å²) >= 11 is 0. The predicted molar refractivity (Wildman–Crippen MR) is 137 cm³/mol. The summed E-state index contributed by atoms with van der Waals surface area (Å²) < 4.78 is 5.75. The molecule has 6 heteroatoms. The van der Waals surface area contributed by atoms with Crippen LogP contribution < -0.4 is 15.0 Å². The summed E-state index contributed by atoms with van der Waals surface area (Å²) in [7, 11) is 0. The van der Waals surface area contributed by atoms with Crippen molar-refractivity contribution in [2.24, 2.45) is 5.41 Å². The monoisotopic (exact) mass is 476 g/mol. The molecule has 2 aromatic carbocycles. The zero-order valence-electron chi connectivity index (χ0n) is 21.0. The van der Waals surface area contributed by atoms with Gasteiger partial charge in [0.05, 0.1) is 12.0 Å². The highest BCUT2D eigenvalue weighted by Crippen LogP contribution is 2.50. The van der Waals surface area contributed by atoms with Gasteiger partial charge in [-0.2, -0.15) is 0 Å². The highest BCUT2D eigenvalue weighted by Gasteiger charge is 2.51. The Kier molecular flexibility index (Phi) is 6.02. The van der Waals surface area contributed by atoms with Gasteiger partial charge in [-0.1, -0.05) is 32.9 Å². The summed E-state index contributed by atoms with van der Waals surface area (Å²) in [6.07, 6.45) is 5.45. The number of nitrogens with one attached hydrogen (secondary N) is 1. The zero-order chi connectivity index (χ0) is 24.8. The van der Waals surface area contributed by atoms with Crippen molar-refractivity contribution in [3.05, 3.63) is 53.1 Å². The summed E-state index contributed by atoms with van der Waals surface area (Å²) in [6.45, 7) is 8.19. The molecule has 35 heavy (non-hydrogen) atoms. The number of rotatable bonds is 7. The first-order valence-corrected chi connectivity index (χ1v) is 12.9. The largest absolute Gasteiger partial charge is 0.493 e. The fraction of sp³-hybridized carbons (Fsp3) is 0.517. The number of carboxylic acids is 1. The van der Waals surface area contributed by atoms with Crippen molar-refractivity contribution in [3.8, 4) is 5.75 Å². The smallest absolute Gasteiger partial charge is 0.303 e. The number of amides is 1. The molecular formula is C29H36N2O4. The van der Waals surface area contributed by atoms with Crippen LogP contribution in [0.5, 0.6) is 5.75 Å². The molecule has 0 spiro atoms. The van der Waals surface area contributed by atoms with Crippen molar-refractivity contribution in [2.75, 3.05) is 23.4 Å². The minimum absolute atomic E-state index is 0.0554. The van der Waals surface area contributed by atoms with Crippen molar-refractivity contribution >= 4 is 23.3 Å². The second-order valence-electron chi connectivity index (χ2n) is 11.4. The SMILES string of the molecule is CC(C)(C)C1Cc2cc(NC(=O)C3(c4ccc5c(c4)CCCO5)CC3)ccc2N1CCCC(=O)O. The van der Waals surface area contributed by atoms with Gasteiger partial charge in [0.15, 0.2) is 0 Å². The molecule has 0 radical (unpaired) electrons. The Morgan fingerprint density at radius 3 is 2.66 bits per heavy atom. The van der Waals surface area contributed by atoms with Gasteiger partial charge in [0.1, 0.15) is 5.75 Å². The van der Waals surface area contributed by atoms with E-state index in [-0.39, 0.29) is 17.7 Å². The third-order valence-electron chi connectivity index (χ3n) is 7.87. The molecule has 1 atom stereocenters. The van der Waals surface area contributed by atoms with Crippen LogP contribution in [-0.4, -0.2) is 36.2 Å². The van der Waals surface area contributed by atoms with Crippen LogP contribution in [0, 0.1) is 5.41 Å². The molecule has 1 saturated carbocycles. The molecule has 1 amide bonds. The van der Waals surface area contributed by atoms with Crippen LogP contribution in [0.2, 0.25) is 0 Å². The van der Waals surface area contributed by atoms with Crippen LogP contribution in [0.4, 0.5) is 11.4 Å². The Balaban J connectivity index is 1.33. The first kappa shape index (κ1) is 23.7. The number of fused-ring (bicyclic) bond motifs is 2. The molecule has 2 aliphatic heterocycles. The Bertz CT molecular complexity index is 1150.